The summed E-state index contributed by atoms with van der Waals surface area (Å²) in [6.07, 6.45) is -3.76. The maximum absolute atomic E-state index is 13.3. The van der Waals surface area contributed by atoms with Crippen molar-refractivity contribution < 1.29 is 33.3 Å². The van der Waals surface area contributed by atoms with Crippen LogP contribution in [0, 0.1) is 11.3 Å². The Balaban J connectivity index is 1.58. The molecule has 43 heavy (non-hydrogen) atoms. The number of ether oxygens (including phenoxy) is 4. The molecule has 12 nitrogen and oxygen atoms in total. The van der Waals surface area contributed by atoms with Crippen LogP contribution >= 0.6 is 0 Å². The van der Waals surface area contributed by atoms with Crippen LogP contribution in [0.1, 0.15) is 31.1 Å². The number of rotatable bonds is 8. The van der Waals surface area contributed by atoms with Crippen LogP contribution in [0.4, 0.5) is 0 Å². The molecule has 0 unspecified atom stereocenters. The minimum absolute atomic E-state index is 0.0928. The summed E-state index contributed by atoms with van der Waals surface area (Å²) in [4.78, 5) is 66.1. The number of benzene rings is 3. The van der Waals surface area contributed by atoms with Crippen molar-refractivity contribution in [3.05, 3.63) is 141 Å². The molecule has 0 aliphatic carbocycles. The standard InChI is InChI=1S/C31H23N3O9/c32-19-31(34-17-16-24(35)33-30(34)39)26(42-29(38)22-14-8-3-9-15-22)25(41-28(37)21-12-6-2-7-13-21)23(43-31)18-40-27(36)20-10-4-1-5-11-20/h1-17,23,25-26H,18H2,(H,33,35,39)/t23-,25-,26-,31-/m1/s1. The molecular weight excluding hydrogens is 558 g/mol. The Morgan fingerprint density at radius 2 is 1.30 bits per heavy atom. The van der Waals surface area contributed by atoms with Gasteiger partial charge in [-0.3, -0.25) is 14.3 Å². The van der Waals surface area contributed by atoms with Crippen molar-refractivity contribution in [3.8, 4) is 6.07 Å². The second-order valence-electron chi connectivity index (χ2n) is 9.34. The molecule has 1 aliphatic rings. The van der Waals surface area contributed by atoms with E-state index < -0.39 is 59.8 Å². The summed E-state index contributed by atoms with van der Waals surface area (Å²) in [5, 5.41) is 10.5. The number of hydrogen-bond donors (Lipinski definition) is 1. The third-order valence-corrected chi connectivity index (χ3v) is 6.61. The fourth-order valence-corrected chi connectivity index (χ4v) is 4.55. The van der Waals surface area contributed by atoms with Crippen molar-refractivity contribution in [1.29, 1.82) is 5.26 Å². The SMILES string of the molecule is N#C[C@@]1(n2ccc(=O)[nH]c2=O)O[C@H](COC(=O)c2ccccc2)[C@@H](OC(=O)c2ccccc2)[C@H]1OC(=O)c1ccccc1. The number of H-pyrrole nitrogens is 1. The van der Waals surface area contributed by atoms with Gasteiger partial charge in [0, 0.05) is 12.3 Å². The van der Waals surface area contributed by atoms with Crippen molar-refractivity contribution in [2.45, 2.75) is 24.0 Å². The minimum Gasteiger partial charge on any atom is -0.459 e. The number of hydrogen-bond acceptors (Lipinski definition) is 10. The molecule has 1 aromatic heterocycles. The normalized spacial score (nSPS) is 20.9. The van der Waals surface area contributed by atoms with E-state index in [-0.39, 0.29) is 16.7 Å². The summed E-state index contributed by atoms with van der Waals surface area (Å²) in [7, 11) is 0. The van der Waals surface area contributed by atoms with Gasteiger partial charge in [-0.1, -0.05) is 54.6 Å². The van der Waals surface area contributed by atoms with Crippen molar-refractivity contribution in [2.75, 3.05) is 6.61 Å². The summed E-state index contributed by atoms with van der Waals surface area (Å²) in [5.41, 5.74) is -3.84. The maximum Gasteiger partial charge on any atom is 0.338 e. The molecule has 1 fully saturated rings. The fraction of sp³-hybridized carbons (Fsp3) is 0.161. The van der Waals surface area contributed by atoms with Gasteiger partial charge in [-0.15, -0.1) is 0 Å². The first-order valence-corrected chi connectivity index (χ1v) is 13.0. The Kier molecular flexibility index (Phi) is 8.27. The predicted octanol–water partition coefficient (Wildman–Crippen LogP) is 2.42. The average Bonchev–Trinajstić information content (AvgIpc) is 3.33. The van der Waals surface area contributed by atoms with Crippen LogP contribution in [-0.2, 0) is 24.7 Å². The van der Waals surface area contributed by atoms with Gasteiger partial charge in [-0.2, -0.15) is 5.26 Å². The summed E-state index contributed by atoms with van der Waals surface area (Å²) in [6, 6.07) is 26.5. The Hall–Kier alpha value is -5.80. The van der Waals surface area contributed by atoms with Crippen LogP contribution in [0.2, 0.25) is 0 Å². The van der Waals surface area contributed by atoms with Gasteiger partial charge in [0.25, 0.3) is 11.3 Å². The molecule has 12 heteroatoms. The van der Waals surface area contributed by atoms with E-state index in [9.17, 15) is 29.2 Å². The van der Waals surface area contributed by atoms with E-state index >= 15 is 0 Å². The highest BCUT2D eigenvalue weighted by molar-refractivity contribution is 5.91. The lowest BCUT2D eigenvalue weighted by atomic mass is 10.0. The molecule has 0 saturated carbocycles. The van der Waals surface area contributed by atoms with E-state index in [1.54, 1.807) is 54.6 Å². The number of carbonyl (C=O) groups is 3. The average molecular weight is 582 g/mol. The number of esters is 3. The highest BCUT2D eigenvalue weighted by Gasteiger charge is 2.62. The molecule has 0 spiro atoms. The number of aromatic nitrogens is 2. The summed E-state index contributed by atoms with van der Waals surface area (Å²) >= 11 is 0. The van der Waals surface area contributed by atoms with E-state index in [1.807, 2.05) is 11.1 Å². The highest BCUT2D eigenvalue weighted by Crippen LogP contribution is 2.39. The molecule has 0 radical (unpaired) electrons. The second kappa shape index (κ2) is 12.4. The first-order chi connectivity index (χ1) is 20.8. The van der Waals surface area contributed by atoms with Crippen LogP contribution < -0.4 is 11.2 Å². The summed E-state index contributed by atoms with van der Waals surface area (Å²) in [5.74, 6) is -2.53. The van der Waals surface area contributed by atoms with E-state index in [0.717, 1.165) is 16.8 Å². The second-order valence-corrected chi connectivity index (χ2v) is 9.34. The molecule has 0 amide bonds. The molecule has 3 aromatic carbocycles. The Morgan fingerprint density at radius 3 is 1.81 bits per heavy atom. The first-order valence-electron chi connectivity index (χ1n) is 13.0. The predicted molar refractivity (Wildman–Crippen MR) is 148 cm³/mol. The molecule has 1 saturated heterocycles. The summed E-state index contributed by atoms with van der Waals surface area (Å²) in [6.45, 7) is -0.568. The Labute approximate surface area is 243 Å². The van der Waals surface area contributed by atoms with Gasteiger partial charge in [0.05, 0.1) is 16.7 Å². The van der Waals surface area contributed by atoms with Crippen molar-refractivity contribution in [1.82, 2.24) is 9.55 Å². The fourth-order valence-electron chi connectivity index (χ4n) is 4.55. The number of carbonyl (C=O) groups excluding carboxylic acids is 3. The van der Waals surface area contributed by atoms with E-state index in [1.165, 1.54) is 36.4 Å². The molecule has 1 N–H and O–H groups in total. The van der Waals surface area contributed by atoms with Gasteiger partial charge in [-0.05, 0) is 36.4 Å². The third kappa shape index (κ3) is 5.97. The van der Waals surface area contributed by atoms with Gasteiger partial charge >= 0.3 is 23.6 Å². The zero-order valence-corrected chi connectivity index (χ0v) is 22.3. The van der Waals surface area contributed by atoms with Gasteiger partial charge in [-0.25, -0.2) is 19.2 Å². The van der Waals surface area contributed by atoms with Crippen LogP contribution in [-0.4, -0.2) is 52.4 Å². The lowest BCUT2D eigenvalue weighted by Crippen LogP contribution is -2.53. The van der Waals surface area contributed by atoms with E-state index in [4.69, 9.17) is 18.9 Å². The molecule has 4 atom stereocenters. The Bertz CT molecular complexity index is 1780. The molecule has 0 bridgehead atoms. The molecule has 4 aromatic rings. The van der Waals surface area contributed by atoms with Crippen LogP contribution in [0.15, 0.2) is 113 Å². The molecule has 216 valence electrons. The topological polar surface area (TPSA) is 167 Å². The van der Waals surface area contributed by atoms with Crippen molar-refractivity contribution in [3.63, 3.8) is 0 Å². The Morgan fingerprint density at radius 1 is 0.791 bits per heavy atom. The molecule has 2 heterocycles. The van der Waals surface area contributed by atoms with Gasteiger partial charge in [0.1, 0.15) is 18.8 Å². The molecular formula is C31H23N3O9. The number of nitriles is 1. The third-order valence-electron chi connectivity index (χ3n) is 6.61. The van der Waals surface area contributed by atoms with Crippen molar-refractivity contribution in [2.24, 2.45) is 0 Å². The quantitative estimate of drug-likeness (QED) is 0.241. The molecule has 1 aliphatic heterocycles. The van der Waals surface area contributed by atoms with Gasteiger partial charge < -0.3 is 18.9 Å². The smallest absolute Gasteiger partial charge is 0.338 e. The monoisotopic (exact) mass is 581 g/mol. The zero-order valence-electron chi connectivity index (χ0n) is 22.3. The van der Waals surface area contributed by atoms with Gasteiger partial charge in [0.2, 0.25) is 6.10 Å². The van der Waals surface area contributed by atoms with Crippen LogP contribution in [0.3, 0.4) is 0 Å². The van der Waals surface area contributed by atoms with Crippen LogP contribution in [0.25, 0.3) is 0 Å². The lowest BCUT2D eigenvalue weighted by molar-refractivity contribution is -0.113. The first kappa shape index (κ1) is 28.7. The lowest BCUT2D eigenvalue weighted by Gasteiger charge is -2.29. The molecule has 5 rings (SSSR count). The maximum atomic E-state index is 13.3. The number of aromatic amines is 1. The van der Waals surface area contributed by atoms with E-state index in [2.05, 4.69) is 0 Å². The number of nitrogens with zero attached hydrogens (tertiary/aromatic N) is 2. The highest BCUT2D eigenvalue weighted by atomic mass is 16.7. The van der Waals surface area contributed by atoms with Crippen molar-refractivity contribution >= 4 is 17.9 Å². The number of nitrogens with one attached hydrogen (secondary N) is 1. The largest absolute Gasteiger partial charge is 0.459 e. The minimum atomic E-state index is -2.46. The van der Waals surface area contributed by atoms with Crippen LogP contribution in [0.5, 0.6) is 0 Å². The summed E-state index contributed by atoms with van der Waals surface area (Å²) < 4.78 is 23.7. The van der Waals surface area contributed by atoms with Gasteiger partial charge in [0.15, 0.2) is 6.10 Å². The van der Waals surface area contributed by atoms with E-state index in [0.29, 0.717) is 0 Å². The zero-order chi connectivity index (χ0) is 30.4.